The summed E-state index contributed by atoms with van der Waals surface area (Å²) in [6, 6.07) is 1.66. The highest BCUT2D eigenvalue weighted by Crippen LogP contribution is 2.14. The third-order valence-electron chi connectivity index (χ3n) is 2.41. The largest absolute Gasteiger partial charge is 0.478 e. The van der Waals surface area contributed by atoms with E-state index in [-0.39, 0.29) is 5.56 Å². The topological polar surface area (TPSA) is 75.1 Å². The van der Waals surface area contributed by atoms with Gasteiger partial charge in [-0.25, -0.2) is 9.78 Å². The second kappa shape index (κ2) is 5.59. The maximum Gasteiger partial charge on any atom is 0.339 e. The van der Waals surface area contributed by atoms with Crippen LogP contribution in [0.5, 0.6) is 0 Å². The molecule has 0 amide bonds. The number of hydrogen-bond donors (Lipinski definition) is 2. The molecule has 0 unspecified atom stereocenters. The first-order valence-electron chi connectivity index (χ1n) is 5.49. The molecule has 0 bridgehead atoms. The first-order chi connectivity index (χ1) is 8.66. The fourth-order valence-corrected chi connectivity index (χ4v) is 2.21. The van der Waals surface area contributed by atoms with E-state index in [4.69, 9.17) is 5.11 Å². The number of hydrogen-bond acceptors (Lipinski definition) is 5. The second-order valence-corrected chi connectivity index (χ2v) is 4.82. The number of carbonyl (C=O) groups is 1. The van der Waals surface area contributed by atoms with E-state index in [1.807, 2.05) is 12.3 Å². The van der Waals surface area contributed by atoms with Crippen molar-refractivity contribution in [1.82, 2.24) is 9.97 Å². The van der Waals surface area contributed by atoms with Crippen LogP contribution in [0.3, 0.4) is 0 Å². The minimum Gasteiger partial charge on any atom is -0.478 e. The van der Waals surface area contributed by atoms with Crippen molar-refractivity contribution < 1.29 is 9.90 Å². The summed E-state index contributed by atoms with van der Waals surface area (Å²) in [4.78, 5) is 19.1. The normalized spacial score (nSPS) is 10.3. The van der Waals surface area contributed by atoms with E-state index in [0.29, 0.717) is 12.2 Å². The van der Waals surface area contributed by atoms with Crippen molar-refractivity contribution in [2.75, 3.05) is 11.9 Å². The van der Waals surface area contributed by atoms with E-state index in [0.717, 1.165) is 17.1 Å². The fraction of sp³-hybridized carbons (Fsp3) is 0.250. The van der Waals surface area contributed by atoms with Crippen LogP contribution in [0.4, 0.5) is 5.69 Å². The average molecular weight is 263 g/mol. The molecule has 0 radical (unpaired) electrons. The predicted octanol–water partition coefficient (Wildman–Crippen LogP) is 2.20. The Hall–Kier alpha value is -1.95. The maximum absolute atomic E-state index is 11.0. The van der Waals surface area contributed by atoms with Gasteiger partial charge in [-0.2, -0.15) is 0 Å². The number of nitrogens with one attached hydrogen (secondary N) is 1. The molecule has 0 fully saturated rings. The quantitative estimate of drug-likeness (QED) is 0.865. The Morgan fingerprint density at radius 3 is 3.06 bits per heavy atom. The number of thiazole rings is 1. The molecule has 0 saturated carbocycles. The number of anilines is 1. The van der Waals surface area contributed by atoms with Crippen LogP contribution in [0.2, 0.25) is 0 Å². The molecule has 0 aliphatic heterocycles. The van der Waals surface area contributed by atoms with Crippen molar-refractivity contribution in [1.29, 1.82) is 0 Å². The molecular formula is C12H13N3O2S. The number of aromatic nitrogens is 2. The summed E-state index contributed by atoms with van der Waals surface area (Å²) in [6.07, 6.45) is 3.69. The first-order valence-corrected chi connectivity index (χ1v) is 6.37. The molecule has 94 valence electrons. The van der Waals surface area contributed by atoms with Gasteiger partial charge in [-0.3, -0.25) is 4.98 Å². The van der Waals surface area contributed by atoms with Crippen molar-refractivity contribution in [2.45, 2.75) is 13.3 Å². The average Bonchev–Trinajstić information content (AvgIpc) is 2.75. The summed E-state index contributed by atoms with van der Waals surface area (Å²) in [5.74, 6) is -0.977. The molecule has 0 saturated heterocycles. The maximum atomic E-state index is 11.0. The molecule has 2 aromatic rings. The third-order valence-corrected chi connectivity index (χ3v) is 3.24. The number of aryl methyl sites for hydroxylation is 1. The Bertz CT molecular complexity index is 554. The van der Waals surface area contributed by atoms with Crippen molar-refractivity contribution in [3.8, 4) is 0 Å². The van der Waals surface area contributed by atoms with Crippen molar-refractivity contribution in [2.24, 2.45) is 0 Å². The van der Waals surface area contributed by atoms with Gasteiger partial charge < -0.3 is 10.4 Å². The summed E-state index contributed by atoms with van der Waals surface area (Å²) in [5.41, 5.74) is 1.80. The van der Waals surface area contributed by atoms with Gasteiger partial charge in [0.15, 0.2) is 0 Å². The molecule has 2 N–H and O–H groups in total. The Morgan fingerprint density at radius 1 is 1.56 bits per heavy atom. The molecule has 0 aromatic carbocycles. The Labute approximate surface area is 109 Å². The lowest BCUT2D eigenvalue weighted by Crippen LogP contribution is -2.10. The molecule has 2 heterocycles. The van der Waals surface area contributed by atoms with Crippen molar-refractivity contribution >= 4 is 23.0 Å². The highest BCUT2D eigenvalue weighted by Gasteiger charge is 2.09. The molecule has 0 spiro atoms. The summed E-state index contributed by atoms with van der Waals surface area (Å²) in [5, 5.41) is 15.1. The number of carboxylic acid groups (broad SMARTS) is 1. The Kier molecular flexibility index (Phi) is 3.88. The molecular weight excluding hydrogens is 250 g/mol. The van der Waals surface area contributed by atoms with Gasteiger partial charge in [-0.05, 0) is 13.0 Å². The van der Waals surface area contributed by atoms with E-state index >= 15 is 0 Å². The zero-order valence-corrected chi connectivity index (χ0v) is 10.7. The van der Waals surface area contributed by atoms with E-state index < -0.39 is 5.97 Å². The molecule has 5 nitrogen and oxygen atoms in total. The summed E-state index contributed by atoms with van der Waals surface area (Å²) >= 11 is 1.62. The lowest BCUT2D eigenvalue weighted by atomic mass is 10.2. The number of carboxylic acids is 1. The number of nitrogens with zero attached hydrogens (tertiary/aromatic N) is 2. The van der Waals surface area contributed by atoms with E-state index in [1.165, 1.54) is 6.20 Å². The molecule has 18 heavy (non-hydrogen) atoms. The lowest BCUT2D eigenvalue weighted by molar-refractivity contribution is 0.0697. The molecule has 2 rings (SSSR count). The molecule has 0 aliphatic carbocycles. The van der Waals surface area contributed by atoms with Gasteiger partial charge in [0.2, 0.25) is 0 Å². The second-order valence-electron chi connectivity index (χ2n) is 3.76. The zero-order valence-electron chi connectivity index (χ0n) is 9.88. The van der Waals surface area contributed by atoms with Gasteiger partial charge in [0.1, 0.15) is 5.56 Å². The van der Waals surface area contributed by atoms with Crippen LogP contribution in [0.1, 0.15) is 21.1 Å². The van der Waals surface area contributed by atoms with Crippen LogP contribution in [0.15, 0.2) is 23.8 Å². The standard InChI is InChI=1S/C12H13N3O2S/c1-8-15-9(7-18-8)2-5-14-11-3-4-13-6-10(11)12(16)17/h3-4,6-7H,2,5H2,1H3,(H,13,14)(H,16,17). The van der Waals surface area contributed by atoms with Crippen LogP contribution >= 0.6 is 11.3 Å². The Balaban J connectivity index is 1.96. The fourth-order valence-electron chi connectivity index (χ4n) is 1.57. The van der Waals surface area contributed by atoms with Gasteiger partial charge >= 0.3 is 5.97 Å². The predicted molar refractivity (Wildman–Crippen MR) is 70.2 cm³/mol. The van der Waals surface area contributed by atoms with Gasteiger partial charge in [-0.15, -0.1) is 11.3 Å². The summed E-state index contributed by atoms with van der Waals surface area (Å²) in [7, 11) is 0. The van der Waals surface area contributed by atoms with E-state index in [2.05, 4.69) is 15.3 Å². The van der Waals surface area contributed by atoms with Crippen LogP contribution in [-0.2, 0) is 6.42 Å². The lowest BCUT2D eigenvalue weighted by Gasteiger charge is -2.07. The van der Waals surface area contributed by atoms with Crippen LogP contribution in [-0.4, -0.2) is 27.6 Å². The van der Waals surface area contributed by atoms with Crippen molar-refractivity contribution in [3.05, 3.63) is 40.1 Å². The third kappa shape index (κ3) is 3.04. The number of aromatic carboxylic acids is 1. The highest BCUT2D eigenvalue weighted by atomic mass is 32.1. The molecule has 0 aliphatic rings. The van der Waals surface area contributed by atoms with Crippen LogP contribution < -0.4 is 5.32 Å². The number of rotatable bonds is 5. The van der Waals surface area contributed by atoms with Crippen LogP contribution in [0, 0.1) is 6.92 Å². The molecule has 6 heteroatoms. The van der Waals surface area contributed by atoms with Gasteiger partial charge in [0, 0.05) is 30.7 Å². The monoisotopic (exact) mass is 263 g/mol. The number of pyridine rings is 1. The van der Waals surface area contributed by atoms with E-state index in [1.54, 1.807) is 23.6 Å². The minimum absolute atomic E-state index is 0.187. The summed E-state index contributed by atoms with van der Waals surface area (Å²) < 4.78 is 0. The van der Waals surface area contributed by atoms with Gasteiger partial charge in [-0.1, -0.05) is 0 Å². The highest BCUT2D eigenvalue weighted by molar-refractivity contribution is 7.09. The SMILES string of the molecule is Cc1nc(CCNc2ccncc2C(=O)O)cs1. The minimum atomic E-state index is -0.977. The smallest absolute Gasteiger partial charge is 0.339 e. The first kappa shape index (κ1) is 12.5. The molecule has 2 aromatic heterocycles. The summed E-state index contributed by atoms with van der Waals surface area (Å²) in [6.45, 7) is 2.61. The van der Waals surface area contributed by atoms with Gasteiger partial charge in [0.25, 0.3) is 0 Å². The zero-order chi connectivity index (χ0) is 13.0. The van der Waals surface area contributed by atoms with Crippen LogP contribution in [0.25, 0.3) is 0 Å². The Morgan fingerprint density at radius 2 is 2.39 bits per heavy atom. The van der Waals surface area contributed by atoms with E-state index in [9.17, 15) is 4.79 Å². The van der Waals surface area contributed by atoms with Gasteiger partial charge in [0.05, 0.1) is 16.4 Å². The van der Waals surface area contributed by atoms with Crippen molar-refractivity contribution in [3.63, 3.8) is 0 Å². The molecule has 0 atom stereocenters.